The molecule has 0 radical (unpaired) electrons. The van der Waals surface area contributed by atoms with Crippen molar-refractivity contribution in [3.05, 3.63) is 34.3 Å². The third kappa shape index (κ3) is 4.09. The Morgan fingerprint density at radius 3 is 2.47 bits per heavy atom. The Kier molecular flexibility index (Phi) is 4.26. The first kappa shape index (κ1) is 11.7. The molecule has 0 fully saturated rings. The molecular weight excluding hydrogens is 266 g/mol. The van der Waals surface area contributed by atoms with E-state index in [2.05, 4.69) is 20.8 Å². The van der Waals surface area contributed by atoms with Crippen molar-refractivity contribution >= 4 is 27.8 Å². The fourth-order valence-corrected chi connectivity index (χ4v) is 1.09. The normalized spacial score (nSPS) is 9.67. The van der Waals surface area contributed by atoms with Crippen LogP contribution in [0.3, 0.4) is 0 Å². The van der Waals surface area contributed by atoms with Crippen molar-refractivity contribution in [3.8, 4) is 0 Å². The van der Waals surface area contributed by atoms with Crippen molar-refractivity contribution in [1.29, 1.82) is 0 Å². The number of rotatable bonds is 4. The first-order valence-corrected chi connectivity index (χ1v) is 4.78. The van der Waals surface area contributed by atoms with Crippen LogP contribution in [-0.2, 0) is 9.63 Å². The minimum Gasteiger partial charge on any atom is -0.479 e. The Balaban J connectivity index is 2.47. The van der Waals surface area contributed by atoms with E-state index in [-0.39, 0.29) is 0 Å². The van der Waals surface area contributed by atoms with E-state index in [1.54, 1.807) is 24.3 Å². The Morgan fingerprint density at radius 2 is 1.93 bits per heavy atom. The summed E-state index contributed by atoms with van der Waals surface area (Å²) in [6, 6.07) is 6.57. The third-order valence-electron chi connectivity index (χ3n) is 1.47. The Hall–Kier alpha value is -1.40. The maximum Gasteiger partial charge on any atom is 0.332 e. The van der Waals surface area contributed by atoms with Crippen molar-refractivity contribution < 1.29 is 19.5 Å². The van der Waals surface area contributed by atoms with Gasteiger partial charge in [0.1, 0.15) is 0 Å². The zero-order valence-electron chi connectivity index (χ0n) is 7.57. The van der Waals surface area contributed by atoms with Crippen molar-refractivity contribution in [2.45, 2.75) is 0 Å². The molecule has 80 valence electrons. The molecule has 0 spiro atoms. The molecule has 0 saturated carbocycles. The van der Waals surface area contributed by atoms with E-state index in [9.17, 15) is 9.59 Å². The van der Waals surface area contributed by atoms with Gasteiger partial charge in [0.25, 0.3) is 5.91 Å². The van der Waals surface area contributed by atoms with Crippen LogP contribution in [0.2, 0.25) is 0 Å². The van der Waals surface area contributed by atoms with Crippen LogP contribution in [0.4, 0.5) is 0 Å². The molecule has 0 bridgehead atoms. The number of carboxylic acid groups (broad SMARTS) is 1. The number of carbonyl (C=O) groups is 2. The highest BCUT2D eigenvalue weighted by Crippen LogP contribution is 2.10. The van der Waals surface area contributed by atoms with Gasteiger partial charge in [0.15, 0.2) is 6.61 Å². The molecule has 0 unspecified atom stereocenters. The Morgan fingerprint density at radius 1 is 1.33 bits per heavy atom. The molecule has 15 heavy (non-hydrogen) atoms. The van der Waals surface area contributed by atoms with Gasteiger partial charge in [-0.25, -0.2) is 10.3 Å². The van der Waals surface area contributed by atoms with Gasteiger partial charge in [-0.05, 0) is 24.3 Å². The smallest absolute Gasteiger partial charge is 0.332 e. The van der Waals surface area contributed by atoms with Gasteiger partial charge in [0.2, 0.25) is 0 Å². The van der Waals surface area contributed by atoms with Gasteiger partial charge in [-0.15, -0.1) is 0 Å². The maximum atomic E-state index is 11.3. The highest BCUT2D eigenvalue weighted by molar-refractivity contribution is 9.10. The molecule has 6 heteroatoms. The van der Waals surface area contributed by atoms with Gasteiger partial charge in [-0.2, -0.15) is 0 Å². The van der Waals surface area contributed by atoms with E-state index in [4.69, 9.17) is 5.11 Å². The molecule has 1 aromatic carbocycles. The number of amides is 1. The number of benzene rings is 1. The molecule has 0 heterocycles. The van der Waals surface area contributed by atoms with Crippen LogP contribution >= 0.6 is 15.9 Å². The molecule has 1 rings (SSSR count). The summed E-state index contributed by atoms with van der Waals surface area (Å²) in [6.45, 7) is -0.567. The molecule has 0 aromatic heterocycles. The van der Waals surface area contributed by atoms with Crippen LogP contribution in [0.15, 0.2) is 28.7 Å². The van der Waals surface area contributed by atoms with E-state index in [1.165, 1.54) is 0 Å². The summed E-state index contributed by atoms with van der Waals surface area (Å²) in [5, 5.41) is 8.25. The number of hydroxylamine groups is 1. The lowest BCUT2D eigenvalue weighted by atomic mass is 10.2. The molecule has 0 saturated heterocycles. The average molecular weight is 274 g/mol. The number of hydrogen-bond donors (Lipinski definition) is 2. The minimum atomic E-state index is -1.15. The molecular formula is C9H8BrNO4. The highest BCUT2D eigenvalue weighted by Gasteiger charge is 2.05. The molecule has 0 aliphatic rings. The summed E-state index contributed by atoms with van der Waals surface area (Å²) in [4.78, 5) is 25.8. The monoisotopic (exact) mass is 273 g/mol. The number of nitrogens with one attached hydrogen (secondary N) is 1. The lowest BCUT2D eigenvalue weighted by Crippen LogP contribution is -2.26. The van der Waals surface area contributed by atoms with E-state index >= 15 is 0 Å². The van der Waals surface area contributed by atoms with Crippen LogP contribution in [0.1, 0.15) is 10.4 Å². The van der Waals surface area contributed by atoms with Gasteiger partial charge >= 0.3 is 5.97 Å². The summed E-state index contributed by atoms with van der Waals surface area (Å²) < 4.78 is 0.852. The van der Waals surface area contributed by atoms with Crippen molar-refractivity contribution in [1.82, 2.24) is 5.48 Å². The second-order valence-electron chi connectivity index (χ2n) is 2.62. The molecule has 1 aromatic rings. The fraction of sp³-hybridized carbons (Fsp3) is 0.111. The van der Waals surface area contributed by atoms with Gasteiger partial charge in [-0.1, -0.05) is 15.9 Å². The van der Waals surface area contributed by atoms with E-state index in [1.807, 2.05) is 5.48 Å². The van der Waals surface area contributed by atoms with Crippen LogP contribution in [0, 0.1) is 0 Å². The van der Waals surface area contributed by atoms with Crippen molar-refractivity contribution in [2.75, 3.05) is 6.61 Å². The minimum absolute atomic E-state index is 0.392. The number of carbonyl (C=O) groups excluding carboxylic acids is 1. The molecule has 0 atom stereocenters. The zero-order chi connectivity index (χ0) is 11.3. The predicted molar refractivity (Wildman–Crippen MR) is 55.2 cm³/mol. The average Bonchev–Trinajstić information content (AvgIpc) is 2.18. The fourth-order valence-electron chi connectivity index (χ4n) is 0.824. The van der Waals surface area contributed by atoms with E-state index in [0.717, 1.165) is 4.47 Å². The molecule has 0 aliphatic carbocycles. The van der Waals surface area contributed by atoms with E-state index in [0.29, 0.717) is 5.56 Å². The quantitative estimate of drug-likeness (QED) is 0.809. The highest BCUT2D eigenvalue weighted by atomic mass is 79.9. The Labute approximate surface area is 94.1 Å². The first-order valence-electron chi connectivity index (χ1n) is 3.99. The van der Waals surface area contributed by atoms with Gasteiger partial charge in [0, 0.05) is 10.0 Å². The summed E-state index contributed by atoms with van der Waals surface area (Å²) in [5.74, 6) is -1.63. The lowest BCUT2D eigenvalue weighted by Gasteiger charge is -2.03. The van der Waals surface area contributed by atoms with Gasteiger partial charge < -0.3 is 5.11 Å². The van der Waals surface area contributed by atoms with Crippen molar-refractivity contribution in [2.24, 2.45) is 0 Å². The summed E-state index contributed by atoms with van der Waals surface area (Å²) in [6.07, 6.45) is 0. The second-order valence-corrected chi connectivity index (χ2v) is 3.54. The molecule has 5 nitrogen and oxygen atoms in total. The Bertz CT molecular complexity index is 363. The second kappa shape index (κ2) is 5.47. The first-order chi connectivity index (χ1) is 7.09. The number of hydrogen-bond acceptors (Lipinski definition) is 3. The number of aliphatic carboxylic acids is 1. The largest absolute Gasteiger partial charge is 0.479 e. The van der Waals surface area contributed by atoms with Crippen LogP contribution in [0.25, 0.3) is 0 Å². The van der Waals surface area contributed by atoms with E-state index < -0.39 is 18.5 Å². The molecule has 1 amide bonds. The van der Waals surface area contributed by atoms with Gasteiger partial charge in [-0.3, -0.25) is 9.63 Å². The maximum absolute atomic E-state index is 11.3. The summed E-state index contributed by atoms with van der Waals surface area (Å²) in [7, 11) is 0. The zero-order valence-corrected chi connectivity index (χ0v) is 9.15. The van der Waals surface area contributed by atoms with Crippen LogP contribution in [0.5, 0.6) is 0 Å². The SMILES string of the molecule is O=C(O)CONC(=O)c1ccc(Br)cc1. The third-order valence-corrected chi connectivity index (χ3v) is 2.00. The topological polar surface area (TPSA) is 75.6 Å². The molecule has 2 N–H and O–H groups in total. The standard InChI is InChI=1S/C9H8BrNO4/c10-7-3-1-6(2-4-7)9(14)11-15-5-8(12)13/h1-4H,5H2,(H,11,14)(H,12,13). The van der Waals surface area contributed by atoms with Gasteiger partial charge in [0.05, 0.1) is 0 Å². The van der Waals surface area contributed by atoms with Crippen LogP contribution < -0.4 is 5.48 Å². The predicted octanol–water partition coefficient (Wildman–Crippen LogP) is 1.20. The number of halogens is 1. The lowest BCUT2D eigenvalue weighted by molar-refractivity contribution is -0.144. The van der Waals surface area contributed by atoms with Crippen LogP contribution in [-0.4, -0.2) is 23.6 Å². The van der Waals surface area contributed by atoms with Crippen molar-refractivity contribution in [3.63, 3.8) is 0 Å². The summed E-state index contributed by atoms with van der Waals surface area (Å²) >= 11 is 3.23. The summed E-state index contributed by atoms with van der Waals surface area (Å²) in [5.41, 5.74) is 2.41. The molecule has 0 aliphatic heterocycles. The number of carboxylic acids is 1.